The summed E-state index contributed by atoms with van der Waals surface area (Å²) >= 11 is 0. The first kappa shape index (κ1) is 18.7. The number of amides is 1. The topological polar surface area (TPSA) is 98.1 Å². The first-order chi connectivity index (χ1) is 14.7. The predicted molar refractivity (Wildman–Crippen MR) is 112 cm³/mol. The minimum Gasteiger partial charge on any atom is -0.358 e. The van der Waals surface area contributed by atoms with Gasteiger partial charge in [-0.25, -0.2) is 9.97 Å². The summed E-state index contributed by atoms with van der Waals surface area (Å²) in [7, 11) is 0. The average Bonchev–Trinajstić information content (AvgIpc) is 3.29. The maximum atomic E-state index is 11.8. The SMILES string of the molecule is CCN1CC(=O)Nc2ncc(-c3ccc(-c4nncn4C4CCCCO4)cc3)nc21. The Morgan fingerprint density at radius 1 is 1.20 bits per heavy atom. The number of carbonyl (C=O) groups is 1. The van der Waals surface area contributed by atoms with E-state index < -0.39 is 0 Å². The standard InChI is InChI=1S/C21H23N7O2/c1-2-27-12-17(29)25-19-21(27)24-16(11-22-19)14-6-8-15(9-7-14)20-26-23-13-28(20)18-5-3-4-10-30-18/h6-9,11,13,18H,2-5,10,12H2,1H3,(H,22,25,29). The van der Waals surface area contributed by atoms with Gasteiger partial charge in [-0.3, -0.25) is 9.36 Å². The minimum absolute atomic E-state index is 0.00910. The van der Waals surface area contributed by atoms with Crippen LogP contribution in [-0.4, -0.2) is 50.3 Å². The van der Waals surface area contributed by atoms with Crippen molar-refractivity contribution in [3.05, 3.63) is 36.8 Å². The van der Waals surface area contributed by atoms with Gasteiger partial charge in [-0.2, -0.15) is 0 Å². The molecule has 2 aromatic heterocycles. The Morgan fingerprint density at radius 2 is 2.03 bits per heavy atom. The zero-order chi connectivity index (χ0) is 20.5. The van der Waals surface area contributed by atoms with Crippen LogP contribution in [0.3, 0.4) is 0 Å². The lowest BCUT2D eigenvalue weighted by Crippen LogP contribution is -2.39. The molecule has 154 valence electrons. The maximum absolute atomic E-state index is 11.8. The smallest absolute Gasteiger partial charge is 0.245 e. The monoisotopic (exact) mass is 405 g/mol. The van der Waals surface area contributed by atoms with E-state index in [0.29, 0.717) is 24.7 Å². The van der Waals surface area contributed by atoms with Crippen molar-refractivity contribution in [2.45, 2.75) is 32.4 Å². The van der Waals surface area contributed by atoms with Gasteiger partial charge >= 0.3 is 0 Å². The van der Waals surface area contributed by atoms with Gasteiger partial charge in [-0.15, -0.1) is 10.2 Å². The molecule has 1 unspecified atom stereocenters. The summed E-state index contributed by atoms with van der Waals surface area (Å²) in [6.45, 7) is 3.75. The largest absolute Gasteiger partial charge is 0.358 e. The first-order valence-electron chi connectivity index (χ1n) is 10.3. The Morgan fingerprint density at radius 3 is 2.80 bits per heavy atom. The van der Waals surface area contributed by atoms with E-state index in [1.54, 1.807) is 12.5 Å². The van der Waals surface area contributed by atoms with Crippen LogP contribution in [-0.2, 0) is 9.53 Å². The molecule has 9 nitrogen and oxygen atoms in total. The van der Waals surface area contributed by atoms with Crippen LogP contribution < -0.4 is 10.2 Å². The summed E-state index contributed by atoms with van der Waals surface area (Å²) in [5.41, 5.74) is 2.67. The molecule has 1 atom stereocenters. The van der Waals surface area contributed by atoms with Crippen molar-refractivity contribution in [3.8, 4) is 22.6 Å². The number of hydrogen-bond acceptors (Lipinski definition) is 7. The number of hydrogen-bond donors (Lipinski definition) is 1. The van der Waals surface area contributed by atoms with Crippen molar-refractivity contribution in [3.63, 3.8) is 0 Å². The number of aromatic nitrogens is 5. The quantitative estimate of drug-likeness (QED) is 0.713. The van der Waals surface area contributed by atoms with Crippen molar-refractivity contribution < 1.29 is 9.53 Å². The highest BCUT2D eigenvalue weighted by Gasteiger charge is 2.24. The highest BCUT2D eigenvalue weighted by Crippen LogP contribution is 2.31. The van der Waals surface area contributed by atoms with E-state index in [1.807, 2.05) is 40.7 Å². The molecule has 0 spiro atoms. The van der Waals surface area contributed by atoms with Crippen LogP contribution >= 0.6 is 0 Å². The molecule has 5 rings (SSSR count). The predicted octanol–water partition coefficient (Wildman–Crippen LogP) is 2.88. The zero-order valence-electron chi connectivity index (χ0n) is 16.8. The van der Waals surface area contributed by atoms with Crippen LogP contribution in [0.2, 0.25) is 0 Å². The van der Waals surface area contributed by atoms with Crippen LogP contribution in [0.4, 0.5) is 11.6 Å². The summed E-state index contributed by atoms with van der Waals surface area (Å²) in [6, 6.07) is 8.03. The van der Waals surface area contributed by atoms with E-state index in [2.05, 4.69) is 20.5 Å². The highest BCUT2D eigenvalue weighted by atomic mass is 16.5. The fourth-order valence-corrected chi connectivity index (χ4v) is 3.90. The molecular formula is C21H23N7O2. The number of fused-ring (bicyclic) bond motifs is 1. The van der Waals surface area contributed by atoms with Crippen LogP contribution in [0.1, 0.15) is 32.4 Å². The van der Waals surface area contributed by atoms with E-state index in [1.165, 1.54) is 0 Å². The minimum atomic E-state index is -0.0678. The Kier molecular flexibility index (Phi) is 4.88. The molecule has 1 saturated heterocycles. The summed E-state index contributed by atoms with van der Waals surface area (Å²) in [4.78, 5) is 22.9. The van der Waals surface area contributed by atoms with E-state index in [0.717, 1.165) is 48.5 Å². The lowest BCUT2D eigenvalue weighted by atomic mass is 10.1. The van der Waals surface area contributed by atoms with Gasteiger partial charge in [-0.1, -0.05) is 24.3 Å². The van der Waals surface area contributed by atoms with Gasteiger partial charge in [0.25, 0.3) is 0 Å². The number of carbonyl (C=O) groups excluding carboxylic acids is 1. The molecule has 30 heavy (non-hydrogen) atoms. The third-order valence-corrected chi connectivity index (χ3v) is 5.51. The number of rotatable bonds is 4. The molecule has 0 radical (unpaired) electrons. The van der Waals surface area contributed by atoms with Crippen molar-refractivity contribution >= 4 is 17.5 Å². The van der Waals surface area contributed by atoms with E-state index in [9.17, 15) is 4.79 Å². The summed E-state index contributed by atoms with van der Waals surface area (Å²) in [5.74, 6) is 1.94. The number of likely N-dealkylation sites (N-methyl/N-ethyl adjacent to an activating group) is 1. The second kappa shape index (κ2) is 7.83. The molecule has 4 heterocycles. The normalized spacial score (nSPS) is 18.8. The van der Waals surface area contributed by atoms with E-state index in [-0.39, 0.29) is 12.1 Å². The molecule has 1 N–H and O–H groups in total. The molecule has 2 aliphatic heterocycles. The molecule has 0 aliphatic carbocycles. The van der Waals surface area contributed by atoms with Crippen molar-refractivity contribution in [1.82, 2.24) is 24.7 Å². The Balaban J connectivity index is 1.43. The fourth-order valence-electron chi connectivity index (χ4n) is 3.90. The average molecular weight is 405 g/mol. The van der Waals surface area contributed by atoms with E-state index >= 15 is 0 Å². The molecule has 3 aromatic rings. The van der Waals surface area contributed by atoms with Gasteiger partial charge in [0, 0.05) is 24.3 Å². The number of nitrogens with one attached hydrogen (secondary N) is 1. The molecule has 2 aliphatic rings. The van der Waals surface area contributed by atoms with Gasteiger partial charge in [0.05, 0.1) is 18.4 Å². The first-order valence-corrected chi connectivity index (χ1v) is 10.3. The molecule has 1 amide bonds. The van der Waals surface area contributed by atoms with Gasteiger partial charge in [0.15, 0.2) is 17.5 Å². The van der Waals surface area contributed by atoms with Crippen LogP contribution in [0.25, 0.3) is 22.6 Å². The Bertz CT molecular complexity index is 1060. The molecule has 1 aromatic carbocycles. The second-order valence-electron chi connectivity index (χ2n) is 7.45. The van der Waals surface area contributed by atoms with Gasteiger partial charge < -0.3 is 15.0 Å². The van der Waals surface area contributed by atoms with Crippen LogP contribution in [0.15, 0.2) is 36.8 Å². The van der Waals surface area contributed by atoms with Gasteiger partial charge in [0.1, 0.15) is 12.6 Å². The fraction of sp³-hybridized carbons (Fsp3) is 0.381. The van der Waals surface area contributed by atoms with E-state index in [4.69, 9.17) is 9.72 Å². The van der Waals surface area contributed by atoms with Crippen molar-refractivity contribution in [1.29, 1.82) is 0 Å². The van der Waals surface area contributed by atoms with Gasteiger partial charge in [0.2, 0.25) is 5.91 Å². The Labute approximate surface area is 174 Å². The molecule has 1 fully saturated rings. The third-order valence-electron chi connectivity index (χ3n) is 5.51. The summed E-state index contributed by atoms with van der Waals surface area (Å²) < 4.78 is 7.90. The van der Waals surface area contributed by atoms with Crippen molar-refractivity contribution in [2.75, 3.05) is 29.9 Å². The molecule has 0 saturated carbocycles. The summed E-state index contributed by atoms with van der Waals surface area (Å²) in [5, 5.41) is 11.2. The Hall–Kier alpha value is -3.33. The molecule has 9 heteroatoms. The third kappa shape index (κ3) is 3.41. The zero-order valence-corrected chi connectivity index (χ0v) is 16.8. The highest BCUT2D eigenvalue weighted by molar-refractivity contribution is 5.99. The number of ether oxygens (including phenoxy) is 1. The second-order valence-corrected chi connectivity index (χ2v) is 7.45. The number of benzene rings is 1. The summed E-state index contributed by atoms with van der Waals surface area (Å²) in [6.07, 6.45) is 6.63. The lowest BCUT2D eigenvalue weighted by molar-refractivity contribution is -0.115. The number of anilines is 2. The lowest BCUT2D eigenvalue weighted by Gasteiger charge is -2.28. The van der Waals surface area contributed by atoms with Crippen LogP contribution in [0, 0.1) is 0 Å². The maximum Gasteiger partial charge on any atom is 0.245 e. The van der Waals surface area contributed by atoms with Crippen LogP contribution in [0.5, 0.6) is 0 Å². The van der Waals surface area contributed by atoms with Crippen molar-refractivity contribution in [2.24, 2.45) is 0 Å². The molecular weight excluding hydrogens is 382 g/mol. The number of nitrogens with zero attached hydrogens (tertiary/aromatic N) is 6. The van der Waals surface area contributed by atoms with Gasteiger partial charge in [-0.05, 0) is 26.2 Å². The molecule has 0 bridgehead atoms.